The fourth-order valence-corrected chi connectivity index (χ4v) is 1.43. The molecule has 0 aliphatic heterocycles. The monoisotopic (exact) mass is 205 g/mol. The maximum atomic E-state index is 11.4. The van der Waals surface area contributed by atoms with E-state index in [1.807, 2.05) is 0 Å². The van der Waals surface area contributed by atoms with Crippen molar-refractivity contribution < 1.29 is 0 Å². The molecule has 0 radical (unpaired) electrons. The van der Waals surface area contributed by atoms with Gasteiger partial charge in [-0.1, -0.05) is 0 Å². The van der Waals surface area contributed by atoms with Gasteiger partial charge in [-0.25, -0.2) is 4.09 Å². The number of hydrogen-bond acceptors (Lipinski definition) is 3. The van der Waals surface area contributed by atoms with Crippen molar-refractivity contribution in [1.82, 2.24) is 9.07 Å². The lowest BCUT2D eigenvalue weighted by atomic mass is 10.2. The summed E-state index contributed by atoms with van der Waals surface area (Å²) in [5.41, 5.74) is 0.00605. The average molecular weight is 206 g/mol. The van der Waals surface area contributed by atoms with Crippen LogP contribution in [0.1, 0.15) is 5.56 Å². The van der Waals surface area contributed by atoms with Gasteiger partial charge in [-0.15, -0.1) is 0 Å². The van der Waals surface area contributed by atoms with Gasteiger partial charge in [-0.05, 0) is 12.1 Å². The molecule has 4 nitrogen and oxygen atoms in total. The Morgan fingerprint density at radius 2 is 2.36 bits per heavy atom. The molecular formula is C9H4ClN3O. The smallest absolute Gasteiger partial charge is 0.266 e. The predicted octanol–water partition coefficient (Wildman–Crippen LogP) is 1.27. The Hall–Kier alpha value is -1.86. The topological polar surface area (TPSA) is 58.7 Å². The zero-order valence-corrected chi connectivity index (χ0v) is 7.69. The first-order chi connectivity index (χ1) is 6.74. The second-order valence-electron chi connectivity index (χ2n) is 2.69. The molecule has 2 heterocycles. The van der Waals surface area contributed by atoms with Gasteiger partial charge >= 0.3 is 0 Å². The van der Waals surface area contributed by atoms with Crippen molar-refractivity contribution in [3.63, 3.8) is 0 Å². The van der Waals surface area contributed by atoms with Crippen LogP contribution in [-0.2, 0) is 0 Å². The highest BCUT2D eigenvalue weighted by Gasteiger charge is 2.06. The third kappa shape index (κ3) is 1.15. The van der Waals surface area contributed by atoms with E-state index in [-0.39, 0.29) is 5.56 Å². The summed E-state index contributed by atoms with van der Waals surface area (Å²) in [6.07, 6.45) is 3.05. The maximum absolute atomic E-state index is 11.4. The molecule has 0 fully saturated rings. The van der Waals surface area contributed by atoms with E-state index in [2.05, 4.69) is 4.98 Å². The van der Waals surface area contributed by atoms with Crippen LogP contribution >= 0.6 is 11.8 Å². The van der Waals surface area contributed by atoms with E-state index in [9.17, 15) is 4.79 Å². The van der Waals surface area contributed by atoms with Crippen LogP contribution in [0.2, 0.25) is 0 Å². The molecule has 0 spiro atoms. The summed E-state index contributed by atoms with van der Waals surface area (Å²) >= 11 is 5.72. The van der Waals surface area contributed by atoms with Crippen LogP contribution in [0.4, 0.5) is 0 Å². The largest absolute Gasteiger partial charge is 0.283 e. The fraction of sp³-hybridized carbons (Fsp3) is 0. The van der Waals surface area contributed by atoms with E-state index < -0.39 is 5.56 Å². The molecule has 0 N–H and O–H groups in total. The molecule has 0 aliphatic rings. The van der Waals surface area contributed by atoms with E-state index in [1.165, 1.54) is 12.3 Å². The van der Waals surface area contributed by atoms with Crippen LogP contribution in [0.5, 0.6) is 0 Å². The van der Waals surface area contributed by atoms with E-state index >= 15 is 0 Å². The number of nitrogens with zero attached hydrogens (tertiary/aromatic N) is 3. The zero-order chi connectivity index (χ0) is 10.1. The van der Waals surface area contributed by atoms with Crippen molar-refractivity contribution in [1.29, 1.82) is 5.26 Å². The summed E-state index contributed by atoms with van der Waals surface area (Å²) in [4.78, 5) is 15.2. The van der Waals surface area contributed by atoms with Crippen LogP contribution in [0.25, 0.3) is 10.9 Å². The zero-order valence-electron chi connectivity index (χ0n) is 6.94. The van der Waals surface area contributed by atoms with Gasteiger partial charge in [-0.3, -0.25) is 9.78 Å². The molecule has 68 valence electrons. The molecule has 2 aromatic heterocycles. The average Bonchev–Trinajstić information content (AvgIpc) is 2.23. The minimum absolute atomic E-state index is 0.0266. The molecule has 0 aliphatic carbocycles. The molecule has 2 rings (SSSR count). The Balaban J connectivity index is 3.01. The highest BCUT2D eigenvalue weighted by molar-refractivity contribution is 6.18. The third-order valence-corrected chi connectivity index (χ3v) is 2.21. The lowest BCUT2D eigenvalue weighted by Gasteiger charge is -2.00. The van der Waals surface area contributed by atoms with Gasteiger partial charge in [0.2, 0.25) is 0 Å². The van der Waals surface area contributed by atoms with Crippen molar-refractivity contribution in [2.24, 2.45) is 0 Å². The second kappa shape index (κ2) is 3.13. The summed E-state index contributed by atoms with van der Waals surface area (Å²) < 4.78 is 0.904. The molecule has 0 amide bonds. The first kappa shape index (κ1) is 8.73. The van der Waals surface area contributed by atoms with Crippen LogP contribution in [0.15, 0.2) is 29.3 Å². The molecule has 0 aromatic carbocycles. The summed E-state index contributed by atoms with van der Waals surface area (Å²) in [5.74, 6) is 0. The molecule has 14 heavy (non-hydrogen) atoms. The van der Waals surface area contributed by atoms with Crippen LogP contribution < -0.4 is 5.56 Å². The Morgan fingerprint density at radius 1 is 1.57 bits per heavy atom. The number of pyridine rings is 2. The van der Waals surface area contributed by atoms with Gasteiger partial charge in [0, 0.05) is 23.4 Å². The number of hydrogen-bond donors (Lipinski definition) is 0. The minimum atomic E-state index is -0.519. The van der Waals surface area contributed by atoms with E-state index in [1.54, 1.807) is 18.3 Å². The predicted molar refractivity (Wildman–Crippen MR) is 52.0 cm³/mol. The normalized spacial score (nSPS) is 10.0. The number of fused-ring (bicyclic) bond motifs is 1. The molecule has 0 unspecified atom stereocenters. The molecular weight excluding hydrogens is 202 g/mol. The van der Waals surface area contributed by atoms with Crippen LogP contribution in [0, 0.1) is 11.3 Å². The number of halogens is 1. The highest BCUT2D eigenvalue weighted by atomic mass is 35.5. The van der Waals surface area contributed by atoms with E-state index in [0.717, 1.165) is 4.09 Å². The van der Waals surface area contributed by atoms with Gasteiger partial charge in [0.05, 0.1) is 11.7 Å². The van der Waals surface area contributed by atoms with Gasteiger partial charge in [0.15, 0.2) is 0 Å². The summed E-state index contributed by atoms with van der Waals surface area (Å²) in [7, 11) is 0. The molecule has 0 atom stereocenters. The standard InChI is InChI=1S/C9H4ClN3O/c10-13-8-5-12-2-1-6(8)3-7(4-11)9(13)14/h1-3,5H. The summed E-state index contributed by atoms with van der Waals surface area (Å²) in [5, 5.41) is 9.38. The molecule has 0 saturated heterocycles. The minimum Gasteiger partial charge on any atom is -0.266 e. The second-order valence-corrected chi connectivity index (χ2v) is 3.03. The van der Waals surface area contributed by atoms with Crippen molar-refractivity contribution in [2.75, 3.05) is 0 Å². The van der Waals surface area contributed by atoms with Crippen molar-refractivity contribution in [3.05, 3.63) is 40.4 Å². The number of rotatable bonds is 0. The van der Waals surface area contributed by atoms with E-state index in [0.29, 0.717) is 10.9 Å². The Morgan fingerprint density at radius 3 is 3.07 bits per heavy atom. The van der Waals surface area contributed by atoms with Crippen molar-refractivity contribution >= 4 is 22.7 Å². The third-order valence-electron chi connectivity index (χ3n) is 1.87. The van der Waals surface area contributed by atoms with Crippen molar-refractivity contribution in [3.8, 4) is 6.07 Å². The Labute approximate surface area is 84.1 Å². The van der Waals surface area contributed by atoms with Crippen LogP contribution in [-0.4, -0.2) is 9.07 Å². The summed E-state index contributed by atoms with van der Waals surface area (Å²) in [6.45, 7) is 0. The molecule has 5 heteroatoms. The van der Waals surface area contributed by atoms with Crippen LogP contribution in [0.3, 0.4) is 0 Å². The van der Waals surface area contributed by atoms with E-state index in [4.69, 9.17) is 17.0 Å². The SMILES string of the molecule is N#Cc1cc2ccncc2n(Cl)c1=O. The van der Waals surface area contributed by atoms with Gasteiger partial charge in [0.25, 0.3) is 5.56 Å². The molecule has 2 aromatic rings. The fourth-order valence-electron chi connectivity index (χ4n) is 1.20. The highest BCUT2D eigenvalue weighted by Crippen LogP contribution is 2.11. The molecule has 0 saturated carbocycles. The maximum Gasteiger partial charge on any atom is 0.283 e. The van der Waals surface area contributed by atoms with Gasteiger partial charge in [-0.2, -0.15) is 5.26 Å². The lowest BCUT2D eigenvalue weighted by Crippen LogP contribution is -2.16. The number of aromatic nitrogens is 2. The summed E-state index contributed by atoms with van der Waals surface area (Å²) in [6, 6.07) is 4.98. The number of nitriles is 1. The van der Waals surface area contributed by atoms with Gasteiger partial charge in [0.1, 0.15) is 11.6 Å². The van der Waals surface area contributed by atoms with Crippen molar-refractivity contribution in [2.45, 2.75) is 0 Å². The quantitative estimate of drug-likeness (QED) is 0.651. The molecule has 0 bridgehead atoms. The Bertz CT molecular complexity index is 597. The Kier molecular flexibility index (Phi) is 1.95. The first-order valence-electron chi connectivity index (χ1n) is 3.80. The first-order valence-corrected chi connectivity index (χ1v) is 4.14. The van der Waals surface area contributed by atoms with Gasteiger partial charge < -0.3 is 0 Å². The lowest BCUT2D eigenvalue weighted by molar-refractivity contribution is 1.16.